The first-order chi connectivity index (χ1) is 6.91. The zero-order valence-electron chi connectivity index (χ0n) is 9.59. The van der Waals surface area contributed by atoms with E-state index in [1.54, 1.807) is 0 Å². The first-order valence-corrected chi connectivity index (χ1v) is 5.65. The molecule has 0 unspecified atom stereocenters. The number of ether oxygens (including phenoxy) is 3. The van der Waals surface area contributed by atoms with Crippen LogP contribution in [-0.2, 0) is 14.2 Å². The predicted octanol–water partition coefficient (Wildman–Crippen LogP) is 2.59. The fraction of sp³-hybridized carbons (Fsp3) is 1.00. The Balaban J connectivity index is 2.78. The van der Waals surface area contributed by atoms with Crippen LogP contribution in [0.25, 0.3) is 0 Å². The van der Waals surface area contributed by atoms with E-state index in [9.17, 15) is 0 Å². The predicted molar refractivity (Wildman–Crippen MR) is 57.4 cm³/mol. The molecule has 0 aliphatic carbocycles. The Morgan fingerprint density at radius 2 is 1.14 bits per heavy atom. The van der Waals surface area contributed by atoms with Crippen LogP contribution in [0.5, 0.6) is 0 Å². The van der Waals surface area contributed by atoms with E-state index < -0.39 is 0 Å². The summed E-state index contributed by atoms with van der Waals surface area (Å²) in [6.45, 7) is 7.65. The zero-order chi connectivity index (χ0) is 10.5. The topological polar surface area (TPSA) is 27.7 Å². The summed E-state index contributed by atoms with van der Waals surface area (Å²) < 4.78 is 15.8. The minimum Gasteiger partial charge on any atom is -0.379 e. The maximum Gasteiger partial charge on any atom is 0.146 e. The van der Waals surface area contributed by atoms with Crippen LogP contribution in [0.15, 0.2) is 0 Å². The van der Waals surface area contributed by atoms with Crippen molar-refractivity contribution >= 4 is 0 Å². The first kappa shape index (κ1) is 13.9. The van der Waals surface area contributed by atoms with Gasteiger partial charge in [0.25, 0.3) is 0 Å². The molecule has 0 bridgehead atoms. The Kier molecular flexibility index (Phi) is 12.8. The summed E-state index contributed by atoms with van der Waals surface area (Å²) in [5.41, 5.74) is 0. The van der Waals surface area contributed by atoms with Gasteiger partial charge in [-0.15, -0.1) is 0 Å². The highest BCUT2D eigenvalue weighted by atomic mass is 16.7. The van der Waals surface area contributed by atoms with Crippen molar-refractivity contribution in [3.05, 3.63) is 0 Å². The van der Waals surface area contributed by atoms with Crippen LogP contribution in [-0.4, -0.2) is 33.2 Å². The smallest absolute Gasteiger partial charge is 0.146 e. The first-order valence-electron chi connectivity index (χ1n) is 5.65. The molecule has 0 amide bonds. The highest BCUT2D eigenvalue weighted by Gasteiger charge is 1.90. The molecule has 14 heavy (non-hydrogen) atoms. The third kappa shape index (κ3) is 11.9. The van der Waals surface area contributed by atoms with Crippen molar-refractivity contribution in [3.63, 3.8) is 0 Å². The lowest BCUT2D eigenvalue weighted by Crippen LogP contribution is -2.08. The summed E-state index contributed by atoms with van der Waals surface area (Å²) in [6.07, 6.45) is 4.59. The second-order valence-corrected chi connectivity index (χ2v) is 3.25. The van der Waals surface area contributed by atoms with Gasteiger partial charge in [0.2, 0.25) is 0 Å². The van der Waals surface area contributed by atoms with E-state index >= 15 is 0 Å². The molecule has 0 N–H and O–H groups in total. The molecule has 0 radical (unpaired) electrons. The maximum atomic E-state index is 5.32. The van der Waals surface area contributed by atoms with Crippen molar-refractivity contribution < 1.29 is 14.2 Å². The molecule has 0 saturated carbocycles. The number of rotatable bonds is 11. The van der Waals surface area contributed by atoms with Crippen LogP contribution >= 0.6 is 0 Å². The van der Waals surface area contributed by atoms with Crippen molar-refractivity contribution in [3.8, 4) is 0 Å². The van der Waals surface area contributed by atoms with E-state index in [2.05, 4.69) is 13.8 Å². The van der Waals surface area contributed by atoms with E-state index in [-0.39, 0.29) is 0 Å². The fourth-order valence-electron chi connectivity index (χ4n) is 0.889. The normalized spacial score (nSPS) is 10.7. The largest absolute Gasteiger partial charge is 0.379 e. The minimum atomic E-state index is 0.400. The lowest BCUT2D eigenvalue weighted by molar-refractivity contribution is -0.0699. The zero-order valence-corrected chi connectivity index (χ0v) is 9.59. The Morgan fingerprint density at radius 1 is 0.643 bits per heavy atom. The Labute approximate surface area is 87.7 Å². The molecule has 3 heteroatoms. The molecule has 0 aromatic heterocycles. The van der Waals surface area contributed by atoms with Crippen molar-refractivity contribution in [2.45, 2.75) is 39.5 Å². The van der Waals surface area contributed by atoms with Crippen LogP contribution in [0.4, 0.5) is 0 Å². The molecule has 0 aliphatic heterocycles. The van der Waals surface area contributed by atoms with Gasteiger partial charge in [-0.2, -0.15) is 0 Å². The van der Waals surface area contributed by atoms with Crippen molar-refractivity contribution in [2.75, 3.05) is 33.2 Å². The Hall–Kier alpha value is -0.120. The Morgan fingerprint density at radius 3 is 1.79 bits per heavy atom. The second kappa shape index (κ2) is 12.9. The van der Waals surface area contributed by atoms with Gasteiger partial charge in [-0.05, 0) is 12.8 Å². The highest BCUT2D eigenvalue weighted by Crippen LogP contribution is 1.89. The standard InChI is InChI=1S/C11H24O3/c1-3-5-7-12-9-10-14-11-13-8-6-4-2/h3-11H2,1-2H3. The summed E-state index contributed by atoms with van der Waals surface area (Å²) in [6, 6.07) is 0. The molecular weight excluding hydrogens is 180 g/mol. The van der Waals surface area contributed by atoms with Gasteiger partial charge < -0.3 is 14.2 Å². The molecular formula is C11H24O3. The summed E-state index contributed by atoms with van der Waals surface area (Å²) in [4.78, 5) is 0. The lowest BCUT2D eigenvalue weighted by Gasteiger charge is -2.05. The summed E-state index contributed by atoms with van der Waals surface area (Å²) in [5.74, 6) is 0. The molecule has 0 atom stereocenters. The van der Waals surface area contributed by atoms with Gasteiger partial charge in [-0.1, -0.05) is 26.7 Å². The fourth-order valence-corrected chi connectivity index (χ4v) is 0.889. The minimum absolute atomic E-state index is 0.400. The molecule has 3 nitrogen and oxygen atoms in total. The number of hydrogen-bond acceptors (Lipinski definition) is 3. The highest BCUT2D eigenvalue weighted by molar-refractivity contribution is 4.33. The van der Waals surface area contributed by atoms with Gasteiger partial charge in [0.1, 0.15) is 6.79 Å². The maximum absolute atomic E-state index is 5.32. The van der Waals surface area contributed by atoms with Crippen LogP contribution in [0, 0.1) is 0 Å². The monoisotopic (exact) mass is 204 g/mol. The molecule has 0 fully saturated rings. The van der Waals surface area contributed by atoms with Crippen molar-refractivity contribution in [2.24, 2.45) is 0 Å². The summed E-state index contributed by atoms with van der Waals surface area (Å²) in [5, 5.41) is 0. The third-order valence-electron chi connectivity index (χ3n) is 1.82. The van der Waals surface area contributed by atoms with Crippen LogP contribution in [0.1, 0.15) is 39.5 Å². The van der Waals surface area contributed by atoms with Gasteiger partial charge in [-0.3, -0.25) is 0 Å². The summed E-state index contributed by atoms with van der Waals surface area (Å²) >= 11 is 0. The number of unbranched alkanes of at least 4 members (excludes halogenated alkanes) is 2. The lowest BCUT2D eigenvalue weighted by atomic mass is 10.4. The van der Waals surface area contributed by atoms with Crippen molar-refractivity contribution in [1.29, 1.82) is 0 Å². The molecule has 0 heterocycles. The average Bonchev–Trinajstić information content (AvgIpc) is 2.21. The van der Waals surface area contributed by atoms with E-state index in [0.717, 1.165) is 26.1 Å². The molecule has 0 spiro atoms. The molecule has 86 valence electrons. The molecule has 0 aliphatic rings. The average molecular weight is 204 g/mol. The van der Waals surface area contributed by atoms with Crippen LogP contribution in [0.3, 0.4) is 0 Å². The van der Waals surface area contributed by atoms with E-state index in [1.165, 1.54) is 12.8 Å². The molecule has 0 rings (SSSR count). The Bertz CT molecular complexity index is 84.5. The van der Waals surface area contributed by atoms with Gasteiger partial charge >= 0.3 is 0 Å². The van der Waals surface area contributed by atoms with Gasteiger partial charge in [-0.25, -0.2) is 0 Å². The third-order valence-corrected chi connectivity index (χ3v) is 1.82. The van der Waals surface area contributed by atoms with E-state index in [0.29, 0.717) is 20.0 Å². The molecule has 0 aromatic rings. The van der Waals surface area contributed by atoms with Gasteiger partial charge in [0.05, 0.1) is 13.2 Å². The van der Waals surface area contributed by atoms with E-state index in [4.69, 9.17) is 14.2 Å². The van der Waals surface area contributed by atoms with Crippen molar-refractivity contribution in [1.82, 2.24) is 0 Å². The number of hydrogen-bond donors (Lipinski definition) is 0. The van der Waals surface area contributed by atoms with Gasteiger partial charge in [0.15, 0.2) is 0 Å². The van der Waals surface area contributed by atoms with Crippen LogP contribution in [0.2, 0.25) is 0 Å². The quantitative estimate of drug-likeness (QED) is 0.382. The summed E-state index contributed by atoms with van der Waals surface area (Å²) in [7, 11) is 0. The van der Waals surface area contributed by atoms with E-state index in [1.807, 2.05) is 0 Å². The second-order valence-electron chi connectivity index (χ2n) is 3.25. The van der Waals surface area contributed by atoms with Crippen LogP contribution < -0.4 is 0 Å². The van der Waals surface area contributed by atoms with Gasteiger partial charge in [0, 0.05) is 13.2 Å². The molecule has 0 aromatic carbocycles. The SMILES string of the molecule is CCCCOCCOCOCCCC. The molecule has 0 saturated heterocycles.